The number of primary amides is 1. The summed E-state index contributed by atoms with van der Waals surface area (Å²) < 4.78 is 1.81. The summed E-state index contributed by atoms with van der Waals surface area (Å²) in [4.78, 5) is 32.6. The molecule has 1 aliphatic rings. The highest BCUT2D eigenvalue weighted by Gasteiger charge is 2.25. The number of hydrogen-bond donors (Lipinski definition) is 1. The van der Waals surface area contributed by atoms with Crippen molar-refractivity contribution in [1.29, 1.82) is 0 Å². The van der Waals surface area contributed by atoms with Crippen LogP contribution in [-0.4, -0.2) is 52.4 Å². The van der Waals surface area contributed by atoms with E-state index in [0.29, 0.717) is 37.4 Å². The van der Waals surface area contributed by atoms with Gasteiger partial charge in [0.25, 0.3) is 5.91 Å². The highest BCUT2D eigenvalue weighted by Crippen LogP contribution is 2.20. The molecule has 3 aromatic rings. The molecule has 0 unspecified atom stereocenters. The number of nitrogens with two attached hydrogens (primary N) is 1. The minimum atomic E-state index is -0.440. The molecule has 2 aromatic carbocycles. The summed E-state index contributed by atoms with van der Waals surface area (Å²) in [5.74, 6) is -0.475. The molecule has 142 valence electrons. The predicted molar refractivity (Wildman–Crippen MR) is 107 cm³/mol. The SMILES string of the molecule is NC(=O)c1cccc(N2CCN(C(=O)c3cncn3-c3ccccc3)CC2)c1. The molecule has 2 amide bonds. The van der Waals surface area contributed by atoms with Crippen molar-refractivity contribution in [3.63, 3.8) is 0 Å². The van der Waals surface area contributed by atoms with Crippen molar-refractivity contribution in [3.05, 3.63) is 78.4 Å². The van der Waals surface area contributed by atoms with E-state index in [9.17, 15) is 9.59 Å². The van der Waals surface area contributed by atoms with Gasteiger partial charge in [0.1, 0.15) is 5.69 Å². The molecule has 0 aliphatic carbocycles. The molecule has 0 radical (unpaired) electrons. The van der Waals surface area contributed by atoms with Gasteiger partial charge in [-0.2, -0.15) is 0 Å². The fourth-order valence-corrected chi connectivity index (χ4v) is 3.43. The summed E-state index contributed by atoms with van der Waals surface area (Å²) in [5, 5.41) is 0. The van der Waals surface area contributed by atoms with Crippen molar-refractivity contribution in [3.8, 4) is 5.69 Å². The van der Waals surface area contributed by atoms with E-state index in [-0.39, 0.29) is 5.91 Å². The predicted octanol–water partition coefficient (Wildman–Crippen LogP) is 1.93. The molecule has 0 atom stereocenters. The van der Waals surface area contributed by atoms with Gasteiger partial charge in [-0.15, -0.1) is 0 Å². The molecule has 0 bridgehead atoms. The van der Waals surface area contributed by atoms with Crippen LogP contribution in [0.2, 0.25) is 0 Å². The number of nitrogens with zero attached hydrogens (tertiary/aromatic N) is 4. The molecule has 2 N–H and O–H groups in total. The normalized spacial score (nSPS) is 14.1. The van der Waals surface area contributed by atoms with E-state index in [4.69, 9.17) is 5.73 Å². The number of benzene rings is 2. The van der Waals surface area contributed by atoms with E-state index in [2.05, 4.69) is 9.88 Å². The lowest BCUT2D eigenvalue weighted by molar-refractivity contribution is 0.0738. The largest absolute Gasteiger partial charge is 0.368 e. The number of imidazole rings is 1. The van der Waals surface area contributed by atoms with Crippen LogP contribution < -0.4 is 10.6 Å². The molecule has 2 heterocycles. The zero-order valence-electron chi connectivity index (χ0n) is 15.4. The second-order valence-corrected chi connectivity index (χ2v) is 6.68. The number of rotatable bonds is 4. The number of anilines is 1. The first-order valence-corrected chi connectivity index (χ1v) is 9.15. The topological polar surface area (TPSA) is 84.5 Å². The maximum Gasteiger partial charge on any atom is 0.272 e. The molecule has 1 aromatic heterocycles. The molecule has 0 spiro atoms. The summed E-state index contributed by atoms with van der Waals surface area (Å²) in [6.45, 7) is 2.57. The van der Waals surface area contributed by atoms with E-state index in [1.165, 1.54) is 0 Å². The van der Waals surface area contributed by atoms with Crippen molar-refractivity contribution >= 4 is 17.5 Å². The van der Waals surface area contributed by atoms with Crippen LogP contribution in [-0.2, 0) is 0 Å². The molecule has 0 saturated carbocycles. The van der Waals surface area contributed by atoms with Gasteiger partial charge in [0, 0.05) is 43.1 Å². The third-order valence-electron chi connectivity index (χ3n) is 4.95. The maximum atomic E-state index is 13.0. The van der Waals surface area contributed by atoms with Gasteiger partial charge in [-0.1, -0.05) is 24.3 Å². The van der Waals surface area contributed by atoms with Crippen molar-refractivity contribution in [2.75, 3.05) is 31.1 Å². The molecule has 1 aliphatic heterocycles. The van der Waals surface area contributed by atoms with Crippen LogP contribution in [0.25, 0.3) is 5.69 Å². The second kappa shape index (κ2) is 7.56. The lowest BCUT2D eigenvalue weighted by Crippen LogP contribution is -2.49. The molecule has 28 heavy (non-hydrogen) atoms. The third kappa shape index (κ3) is 3.46. The Morgan fingerprint density at radius 1 is 0.893 bits per heavy atom. The summed E-state index contributed by atoms with van der Waals surface area (Å²) >= 11 is 0. The number of hydrogen-bond acceptors (Lipinski definition) is 4. The Kier molecular flexibility index (Phi) is 4.80. The Morgan fingerprint density at radius 3 is 2.32 bits per heavy atom. The highest BCUT2D eigenvalue weighted by atomic mass is 16.2. The lowest BCUT2D eigenvalue weighted by atomic mass is 10.1. The fourth-order valence-electron chi connectivity index (χ4n) is 3.43. The van der Waals surface area contributed by atoms with Crippen LogP contribution in [0.3, 0.4) is 0 Å². The highest BCUT2D eigenvalue weighted by molar-refractivity contribution is 5.94. The number of piperazine rings is 1. The van der Waals surface area contributed by atoms with E-state index < -0.39 is 5.91 Å². The standard InChI is InChI=1S/C21H21N5O2/c22-20(27)16-5-4-8-18(13-16)24-9-11-25(12-10-24)21(28)19-14-23-15-26(19)17-6-2-1-3-7-17/h1-8,13-15H,9-12H2,(H2,22,27). The van der Waals surface area contributed by atoms with Gasteiger partial charge in [-0.3, -0.25) is 14.2 Å². The number of carbonyl (C=O) groups is 2. The van der Waals surface area contributed by atoms with Gasteiger partial charge in [-0.25, -0.2) is 4.98 Å². The van der Waals surface area contributed by atoms with Crippen molar-refractivity contribution in [2.24, 2.45) is 5.73 Å². The van der Waals surface area contributed by atoms with Gasteiger partial charge < -0.3 is 15.5 Å². The Balaban J connectivity index is 1.46. The number of carbonyl (C=O) groups excluding carboxylic acids is 2. The van der Waals surface area contributed by atoms with E-state index >= 15 is 0 Å². The lowest BCUT2D eigenvalue weighted by Gasteiger charge is -2.36. The van der Waals surface area contributed by atoms with Crippen molar-refractivity contribution in [1.82, 2.24) is 14.5 Å². The molecule has 1 saturated heterocycles. The fraction of sp³-hybridized carbons (Fsp3) is 0.190. The minimum absolute atomic E-state index is 0.0353. The number of aromatic nitrogens is 2. The van der Waals surface area contributed by atoms with E-state index in [0.717, 1.165) is 11.4 Å². The van der Waals surface area contributed by atoms with E-state index in [1.54, 1.807) is 24.7 Å². The van der Waals surface area contributed by atoms with Crippen LogP contribution in [0.15, 0.2) is 67.1 Å². The van der Waals surface area contributed by atoms with Gasteiger partial charge in [-0.05, 0) is 30.3 Å². The molecule has 4 rings (SSSR count). The smallest absolute Gasteiger partial charge is 0.272 e. The zero-order chi connectivity index (χ0) is 19.5. The summed E-state index contributed by atoms with van der Waals surface area (Å²) in [6, 6.07) is 17.0. The number of amides is 2. The van der Waals surface area contributed by atoms with Crippen LogP contribution in [0.1, 0.15) is 20.8 Å². The average molecular weight is 375 g/mol. The Hall–Kier alpha value is -3.61. The van der Waals surface area contributed by atoms with Gasteiger partial charge >= 0.3 is 0 Å². The van der Waals surface area contributed by atoms with Gasteiger partial charge in [0.15, 0.2) is 0 Å². The Bertz CT molecular complexity index is 991. The molecular formula is C21H21N5O2. The monoisotopic (exact) mass is 375 g/mol. The average Bonchev–Trinajstić information content (AvgIpc) is 3.24. The van der Waals surface area contributed by atoms with E-state index in [1.807, 2.05) is 51.9 Å². The van der Waals surface area contributed by atoms with Gasteiger partial charge in [0.05, 0.1) is 12.5 Å². The van der Waals surface area contributed by atoms with Crippen LogP contribution in [0, 0.1) is 0 Å². The molecular weight excluding hydrogens is 354 g/mol. The minimum Gasteiger partial charge on any atom is -0.368 e. The second-order valence-electron chi connectivity index (χ2n) is 6.68. The van der Waals surface area contributed by atoms with Crippen molar-refractivity contribution < 1.29 is 9.59 Å². The van der Waals surface area contributed by atoms with Crippen molar-refractivity contribution in [2.45, 2.75) is 0 Å². The van der Waals surface area contributed by atoms with Crippen LogP contribution in [0.4, 0.5) is 5.69 Å². The first-order chi connectivity index (χ1) is 13.6. The molecule has 7 nitrogen and oxygen atoms in total. The summed E-state index contributed by atoms with van der Waals surface area (Å²) in [6.07, 6.45) is 3.27. The van der Waals surface area contributed by atoms with Gasteiger partial charge in [0.2, 0.25) is 5.91 Å². The first kappa shape index (κ1) is 17.8. The number of para-hydroxylation sites is 1. The first-order valence-electron chi connectivity index (χ1n) is 9.15. The third-order valence-corrected chi connectivity index (χ3v) is 4.95. The summed E-state index contributed by atoms with van der Waals surface area (Å²) in [5.41, 5.74) is 8.26. The van der Waals surface area contributed by atoms with Crippen LogP contribution in [0.5, 0.6) is 0 Å². The molecule has 7 heteroatoms. The molecule has 1 fully saturated rings. The Morgan fingerprint density at radius 2 is 1.61 bits per heavy atom. The summed E-state index contributed by atoms with van der Waals surface area (Å²) in [7, 11) is 0. The maximum absolute atomic E-state index is 13.0. The Labute approximate surface area is 163 Å². The van der Waals surface area contributed by atoms with Crippen LogP contribution >= 0.6 is 0 Å². The quantitative estimate of drug-likeness (QED) is 0.755. The zero-order valence-corrected chi connectivity index (χ0v) is 15.4.